The lowest BCUT2D eigenvalue weighted by Crippen LogP contribution is -1.94. The number of para-hydroxylation sites is 8. The van der Waals surface area contributed by atoms with Gasteiger partial charge in [0.1, 0.15) is 34.5 Å². The molecular weight excluding hydrogens is 628 g/mol. The minimum atomic E-state index is 0.545. The monoisotopic (exact) mass is 660 g/mol. The third-order valence-corrected chi connectivity index (χ3v) is 7.37. The molecule has 50 heavy (non-hydrogen) atoms. The molecule has 0 radical (unpaired) electrons. The van der Waals surface area contributed by atoms with Crippen molar-refractivity contribution in [3.8, 4) is 69.0 Å². The normalized spacial score (nSPS) is 10.6. The molecule has 0 fully saturated rings. The number of ether oxygens (including phenoxy) is 6. The van der Waals surface area contributed by atoms with Gasteiger partial charge in [-0.15, -0.1) is 0 Å². The molecule has 0 amide bonds. The first-order chi connectivity index (χ1) is 24.6. The summed E-state index contributed by atoms with van der Waals surface area (Å²) in [5.41, 5.74) is 13.2. The molecule has 8 heteroatoms. The zero-order chi connectivity index (χ0) is 34.1. The summed E-state index contributed by atoms with van der Waals surface area (Å²) in [4.78, 5) is 0. The summed E-state index contributed by atoms with van der Waals surface area (Å²) in [7, 11) is 0. The smallest absolute Gasteiger partial charge is 0.170 e. The van der Waals surface area contributed by atoms with E-state index in [2.05, 4.69) is 0 Å². The molecule has 246 valence electrons. The Kier molecular flexibility index (Phi) is 9.33. The molecule has 7 aromatic rings. The van der Waals surface area contributed by atoms with Crippen molar-refractivity contribution in [2.24, 2.45) is 0 Å². The van der Waals surface area contributed by atoms with Crippen LogP contribution in [0.15, 0.2) is 170 Å². The van der Waals surface area contributed by atoms with E-state index < -0.39 is 0 Å². The van der Waals surface area contributed by atoms with Crippen molar-refractivity contribution in [2.45, 2.75) is 0 Å². The van der Waals surface area contributed by atoms with Gasteiger partial charge in [-0.05, 0) is 121 Å². The predicted octanol–water partition coefficient (Wildman–Crippen LogP) is 11.6. The Labute approximate surface area is 289 Å². The number of hydrogen-bond donors (Lipinski definition) is 2. The Bertz CT molecular complexity index is 2030. The molecule has 8 nitrogen and oxygen atoms in total. The molecule has 0 saturated carbocycles. The molecule has 0 aromatic heterocycles. The highest BCUT2D eigenvalue weighted by Gasteiger charge is 2.11. The minimum absolute atomic E-state index is 0.545. The molecule has 0 atom stereocenters. The zero-order valence-electron chi connectivity index (χ0n) is 26.8. The summed E-state index contributed by atoms with van der Waals surface area (Å²) in [6.45, 7) is 0. The largest absolute Gasteiger partial charge is 0.457 e. The molecule has 4 N–H and O–H groups in total. The first-order valence-corrected chi connectivity index (χ1v) is 15.8. The second kappa shape index (κ2) is 14.8. The Morgan fingerprint density at radius 2 is 0.440 bits per heavy atom. The number of rotatable bonds is 12. The van der Waals surface area contributed by atoms with Crippen molar-refractivity contribution in [2.75, 3.05) is 11.5 Å². The van der Waals surface area contributed by atoms with E-state index in [4.69, 9.17) is 39.9 Å². The average Bonchev–Trinajstić information content (AvgIpc) is 3.14. The van der Waals surface area contributed by atoms with Crippen LogP contribution in [0.1, 0.15) is 0 Å². The first kappa shape index (κ1) is 31.5. The fraction of sp³-hybridized carbons (Fsp3) is 0. The minimum Gasteiger partial charge on any atom is -0.457 e. The van der Waals surface area contributed by atoms with Gasteiger partial charge in [0.25, 0.3) is 0 Å². The van der Waals surface area contributed by atoms with Gasteiger partial charge in [0, 0.05) is 0 Å². The number of nitrogens with two attached hydrogens (primary N) is 2. The van der Waals surface area contributed by atoms with Gasteiger partial charge in [-0.2, -0.15) is 0 Å². The SMILES string of the molecule is Nc1ccccc1Oc1ccccc1Oc1ccc(Oc2ccc(Oc3ccc(Oc4ccccc4Oc4ccccc4N)cc3)cc2)cc1. The van der Waals surface area contributed by atoms with Crippen molar-refractivity contribution >= 4 is 11.4 Å². The highest BCUT2D eigenvalue weighted by Crippen LogP contribution is 2.39. The van der Waals surface area contributed by atoms with Crippen molar-refractivity contribution in [1.29, 1.82) is 0 Å². The quantitative estimate of drug-likeness (QED) is 0.125. The maximum Gasteiger partial charge on any atom is 0.170 e. The molecule has 0 heterocycles. The molecule has 0 saturated heterocycles. The highest BCUT2D eigenvalue weighted by atomic mass is 16.5. The van der Waals surface area contributed by atoms with Crippen molar-refractivity contribution in [1.82, 2.24) is 0 Å². The lowest BCUT2D eigenvalue weighted by Gasteiger charge is -2.14. The van der Waals surface area contributed by atoms with Crippen LogP contribution in [0.25, 0.3) is 0 Å². The van der Waals surface area contributed by atoms with Gasteiger partial charge >= 0.3 is 0 Å². The van der Waals surface area contributed by atoms with Crippen LogP contribution in [0.3, 0.4) is 0 Å². The Hall–Kier alpha value is -7.06. The number of nitrogen functional groups attached to an aromatic ring is 2. The standard InChI is InChI=1S/C42H32N2O6/c43-35-9-1-3-11-37(35)49-41-15-7-5-13-39(41)47-33-25-21-31(22-26-33)45-29-17-19-30(20-18-29)46-32-23-27-34(28-24-32)48-40-14-6-8-16-42(40)50-38-12-4-2-10-36(38)44/h1-28H,43-44H2. The third-order valence-electron chi connectivity index (χ3n) is 7.37. The molecule has 7 aromatic carbocycles. The van der Waals surface area contributed by atoms with E-state index in [0.29, 0.717) is 80.4 Å². The maximum absolute atomic E-state index is 6.11. The van der Waals surface area contributed by atoms with Crippen molar-refractivity contribution < 1.29 is 28.4 Å². The number of anilines is 2. The van der Waals surface area contributed by atoms with Crippen molar-refractivity contribution in [3.05, 3.63) is 170 Å². The maximum atomic E-state index is 6.11. The van der Waals surface area contributed by atoms with E-state index in [0.717, 1.165) is 0 Å². The molecule has 0 aliphatic heterocycles. The van der Waals surface area contributed by atoms with Gasteiger partial charge in [-0.25, -0.2) is 0 Å². The molecular formula is C42H32N2O6. The van der Waals surface area contributed by atoms with Crippen LogP contribution in [0.4, 0.5) is 11.4 Å². The predicted molar refractivity (Wildman–Crippen MR) is 194 cm³/mol. The number of benzene rings is 7. The average molecular weight is 661 g/mol. The summed E-state index contributed by atoms with van der Waals surface area (Å²) >= 11 is 0. The van der Waals surface area contributed by atoms with E-state index in [9.17, 15) is 0 Å². The van der Waals surface area contributed by atoms with Crippen LogP contribution in [-0.4, -0.2) is 0 Å². The summed E-state index contributed by atoms with van der Waals surface area (Å²) in [6, 6.07) is 51.6. The highest BCUT2D eigenvalue weighted by molar-refractivity contribution is 5.57. The molecule has 7 rings (SSSR count). The van der Waals surface area contributed by atoms with Crippen LogP contribution in [0.5, 0.6) is 69.0 Å². The summed E-state index contributed by atoms with van der Waals surface area (Å²) in [5, 5.41) is 0. The van der Waals surface area contributed by atoms with Crippen LogP contribution in [0.2, 0.25) is 0 Å². The van der Waals surface area contributed by atoms with E-state index >= 15 is 0 Å². The fourth-order valence-electron chi connectivity index (χ4n) is 4.87. The lowest BCUT2D eigenvalue weighted by molar-refractivity contribution is 0.418. The lowest BCUT2D eigenvalue weighted by atomic mass is 10.2. The summed E-state index contributed by atoms with van der Waals surface area (Å²) < 4.78 is 36.3. The van der Waals surface area contributed by atoms with Gasteiger partial charge in [0.15, 0.2) is 34.5 Å². The molecule has 0 spiro atoms. The van der Waals surface area contributed by atoms with Gasteiger partial charge in [0.2, 0.25) is 0 Å². The topological polar surface area (TPSA) is 107 Å². The van der Waals surface area contributed by atoms with Gasteiger partial charge in [-0.1, -0.05) is 48.5 Å². The van der Waals surface area contributed by atoms with Crippen LogP contribution >= 0.6 is 0 Å². The van der Waals surface area contributed by atoms with E-state index in [1.54, 1.807) is 12.1 Å². The van der Waals surface area contributed by atoms with Gasteiger partial charge < -0.3 is 39.9 Å². The molecule has 0 aliphatic carbocycles. The van der Waals surface area contributed by atoms with E-state index in [1.165, 1.54) is 0 Å². The van der Waals surface area contributed by atoms with Crippen LogP contribution in [-0.2, 0) is 0 Å². The van der Waals surface area contributed by atoms with Crippen molar-refractivity contribution in [3.63, 3.8) is 0 Å². The molecule has 0 unspecified atom stereocenters. The summed E-state index contributed by atoms with van der Waals surface area (Å²) in [6.07, 6.45) is 0. The van der Waals surface area contributed by atoms with E-state index in [1.807, 2.05) is 158 Å². The fourth-order valence-corrected chi connectivity index (χ4v) is 4.87. The Balaban J connectivity index is 0.933. The van der Waals surface area contributed by atoms with Gasteiger partial charge in [0.05, 0.1) is 11.4 Å². The van der Waals surface area contributed by atoms with Gasteiger partial charge in [-0.3, -0.25) is 0 Å². The van der Waals surface area contributed by atoms with E-state index in [-0.39, 0.29) is 0 Å². The molecule has 0 aliphatic rings. The molecule has 0 bridgehead atoms. The number of hydrogen-bond acceptors (Lipinski definition) is 8. The zero-order valence-corrected chi connectivity index (χ0v) is 26.8. The first-order valence-electron chi connectivity index (χ1n) is 15.8. The second-order valence-corrected chi connectivity index (χ2v) is 11.0. The second-order valence-electron chi connectivity index (χ2n) is 11.0. The summed E-state index contributed by atoms with van der Waals surface area (Å²) in [5.74, 6) is 7.24. The van der Waals surface area contributed by atoms with Crippen LogP contribution in [0, 0.1) is 0 Å². The Morgan fingerprint density at radius 1 is 0.220 bits per heavy atom. The third kappa shape index (κ3) is 7.90. The Morgan fingerprint density at radius 3 is 0.720 bits per heavy atom. The van der Waals surface area contributed by atoms with Crippen LogP contribution < -0.4 is 39.9 Å².